The van der Waals surface area contributed by atoms with Crippen LogP contribution in [0.4, 0.5) is 11.6 Å². The van der Waals surface area contributed by atoms with E-state index in [9.17, 15) is 0 Å². The lowest BCUT2D eigenvalue weighted by molar-refractivity contribution is 0.517. The highest BCUT2D eigenvalue weighted by Crippen LogP contribution is 2.38. The van der Waals surface area contributed by atoms with Crippen LogP contribution in [0.15, 0.2) is 47.1 Å². The van der Waals surface area contributed by atoms with Crippen molar-refractivity contribution in [1.82, 2.24) is 29.5 Å². The minimum atomic E-state index is 0.625. The number of rotatable bonds is 6. The zero-order valence-corrected chi connectivity index (χ0v) is 26.5. The first kappa shape index (κ1) is 28.2. The Hall–Kier alpha value is -3.96. The van der Waals surface area contributed by atoms with E-state index in [1.54, 1.807) is 28.9 Å². The van der Waals surface area contributed by atoms with Crippen molar-refractivity contribution < 1.29 is 4.42 Å². The Kier molecular flexibility index (Phi) is 7.87. The Morgan fingerprint density at radius 2 is 1.36 bits per heavy atom. The molecule has 7 aromatic rings. The van der Waals surface area contributed by atoms with Crippen molar-refractivity contribution in [2.24, 2.45) is 20.0 Å². The molecule has 0 amide bonds. The van der Waals surface area contributed by atoms with E-state index in [2.05, 4.69) is 49.0 Å². The second-order valence-corrected chi connectivity index (χ2v) is 12.4. The van der Waals surface area contributed by atoms with Gasteiger partial charge in [-0.25, -0.2) is 9.97 Å². The number of hydrogen-bond donors (Lipinski definition) is 2. The summed E-state index contributed by atoms with van der Waals surface area (Å²) in [6.07, 6.45) is 4.39. The van der Waals surface area contributed by atoms with Gasteiger partial charge in [-0.2, -0.15) is 10.2 Å². The molecular formula is C31H36N8OS2. The van der Waals surface area contributed by atoms with E-state index in [4.69, 9.17) is 4.42 Å². The van der Waals surface area contributed by atoms with Crippen molar-refractivity contribution in [3.05, 3.63) is 59.8 Å². The zero-order chi connectivity index (χ0) is 29.4. The van der Waals surface area contributed by atoms with Gasteiger partial charge in [0, 0.05) is 42.8 Å². The van der Waals surface area contributed by atoms with Crippen LogP contribution in [0.2, 0.25) is 0 Å². The fourth-order valence-electron chi connectivity index (χ4n) is 4.95. The van der Waals surface area contributed by atoms with Gasteiger partial charge in [0.15, 0.2) is 11.6 Å². The van der Waals surface area contributed by atoms with Crippen LogP contribution < -0.4 is 10.6 Å². The van der Waals surface area contributed by atoms with Crippen LogP contribution in [0.3, 0.4) is 0 Å². The van der Waals surface area contributed by atoms with Gasteiger partial charge < -0.3 is 15.1 Å². The number of thiophene rings is 2. The van der Waals surface area contributed by atoms with E-state index in [0.29, 0.717) is 6.54 Å². The van der Waals surface area contributed by atoms with Crippen molar-refractivity contribution in [2.75, 3.05) is 17.2 Å². The third-order valence-corrected chi connectivity index (χ3v) is 9.37. The summed E-state index contributed by atoms with van der Waals surface area (Å²) in [4.78, 5) is 11.4. The maximum Gasteiger partial charge on any atom is 0.166 e. The van der Waals surface area contributed by atoms with Gasteiger partial charge in [0.25, 0.3) is 0 Å². The summed E-state index contributed by atoms with van der Waals surface area (Å²) >= 11 is 3.41. The second kappa shape index (κ2) is 11.7. The third-order valence-electron chi connectivity index (χ3n) is 7.18. The normalized spacial score (nSPS) is 12.9. The molecule has 8 rings (SSSR count). The summed E-state index contributed by atoms with van der Waals surface area (Å²) in [6.45, 7) is 9.72. The van der Waals surface area contributed by atoms with Crippen LogP contribution in [0.5, 0.6) is 0 Å². The van der Waals surface area contributed by atoms with Gasteiger partial charge in [-0.1, -0.05) is 13.8 Å². The maximum absolute atomic E-state index is 5.34. The van der Waals surface area contributed by atoms with E-state index in [-0.39, 0.29) is 0 Å². The highest BCUT2D eigenvalue weighted by Gasteiger charge is 2.23. The molecule has 0 saturated heterocycles. The van der Waals surface area contributed by atoms with Gasteiger partial charge in [-0.05, 0) is 69.0 Å². The van der Waals surface area contributed by atoms with Gasteiger partial charge in [0.05, 0.1) is 33.2 Å². The number of nitrogens with one attached hydrogen (secondary N) is 2. The van der Waals surface area contributed by atoms with Gasteiger partial charge in [-0.3, -0.25) is 9.36 Å². The summed E-state index contributed by atoms with van der Waals surface area (Å²) in [5.41, 5.74) is 4.43. The average molecular weight is 601 g/mol. The molecule has 1 saturated carbocycles. The smallest absolute Gasteiger partial charge is 0.166 e. The molecule has 0 unspecified atom stereocenters. The topological polar surface area (TPSA) is 98.6 Å². The predicted octanol–water partition coefficient (Wildman–Crippen LogP) is 8.04. The number of pyridine rings is 2. The Labute approximate surface area is 252 Å². The van der Waals surface area contributed by atoms with E-state index in [0.717, 1.165) is 66.5 Å². The molecule has 0 spiro atoms. The van der Waals surface area contributed by atoms with Crippen LogP contribution in [-0.4, -0.2) is 36.1 Å². The molecule has 2 N–H and O–H groups in total. The number of anilines is 2. The molecule has 0 radical (unpaired) electrons. The quantitative estimate of drug-likeness (QED) is 0.199. The standard InChI is InChI=1S/C15H14N4OS.C14H16N4S.C2H6/c1-9-5-6-11-12-13(21-15(11)17-9)14(18-19(12)2)16-8-10-4-3-7-20-10;1-8-3-6-10-11-12(19-14(10)16-8)13(17-18(11)2)15-7-9-4-5-9;1-2/h3-7H,8H2,1-2H3,(H,16,18);3,6,9H,4-5,7H2,1-2H3,(H,15,17);1-2H3. The molecule has 1 fully saturated rings. The maximum atomic E-state index is 5.34. The molecule has 7 heterocycles. The molecule has 218 valence electrons. The molecule has 11 heteroatoms. The van der Waals surface area contributed by atoms with Gasteiger partial charge >= 0.3 is 0 Å². The monoisotopic (exact) mass is 600 g/mol. The van der Waals surface area contributed by atoms with E-state index in [1.165, 1.54) is 28.4 Å². The van der Waals surface area contributed by atoms with Gasteiger partial charge in [0.2, 0.25) is 0 Å². The lowest BCUT2D eigenvalue weighted by Crippen LogP contribution is -2.04. The highest BCUT2D eigenvalue weighted by atomic mass is 32.1. The second-order valence-electron chi connectivity index (χ2n) is 10.4. The Morgan fingerprint density at radius 1 is 0.810 bits per heavy atom. The fourth-order valence-corrected chi connectivity index (χ4v) is 7.36. The van der Waals surface area contributed by atoms with Crippen molar-refractivity contribution in [3.8, 4) is 0 Å². The average Bonchev–Trinajstić information content (AvgIpc) is 3.34. The molecule has 0 atom stereocenters. The van der Waals surface area contributed by atoms with Crippen molar-refractivity contribution >= 4 is 75.2 Å². The molecule has 1 aliphatic carbocycles. The Balaban J connectivity index is 0.000000143. The minimum Gasteiger partial charge on any atom is -0.467 e. The molecular weight excluding hydrogens is 565 g/mol. The van der Waals surface area contributed by atoms with E-state index >= 15 is 0 Å². The molecule has 0 aliphatic heterocycles. The SMILES string of the molecule is CC.Cc1ccc2c(n1)sc1c(NCC3CC3)nn(C)c12.Cc1ccc2c(n1)sc1c(NCc3ccco3)nn(C)c12. The van der Waals surface area contributed by atoms with Gasteiger partial charge in [0.1, 0.15) is 15.4 Å². The Morgan fingerprint density at radius 3 is 1.86 bits per heavy atom. The number of aryl methyl sites for hydroxylation is 4. The summed E-state index contributed by atoms with van der Waals surface area (Å²) < 4.78 is 11.6. The third kappa shape index (κ3) is 5.46. The molecule has 42 heavy (non-hydrogen) atoms. The number of hydrogen-bond acceptors (Lipinski definition) is 9. The van der Waals surface area contributed by atoms with Crippen molar-refractivity contribution in [1.29, 1.82) is 0 Å². The molecule has 0 bridgehead atoms. The predicted molar refractivity (Wildman–Crippen MR) is 176 cm³/mol. The summed E-state index contributed by atoms with van der Waals surface area (Å²) in [6, 6.07) is 12.2. The molecule has 0 aromatic carbocycles. The largest absolute Gasteiger partial charge is 0.467 e. The highest BCUT2D eigenvalue weighted by molar-refractivity contribution is 7.26. The molecule has 1 aliphatic rings. The van der Waals surface area contributed by atoms with Crippen LogP contribution >= 0.6 is 22.7 Å². The summed E-state index contributed by atoms with van der Waals surface area (Å²) in [7, 11) is 3.98. The number of nitrogens with zero attached hydrogens (tertiary/aromatic N) is 6. The van der Waals surface area contributed by atoms with E-state index in [1.807, 2.05) is 69.4 Å². The van der Waals surface area contributed by atoms with Crippen LogP contribution in [0.25, 0.3) is 40.9 Å². The van der Waals surface area contributed by atoms with Crippen LogP contribution in [0, 0.1) is 19.8 Å². The minimum absolute atomic E-state index is 0.625. The first-order chi connectivity index (χ1) is 20.4. The van der Waals surface area contributed by atoms with E-state index < -0.39 is 0 Å². The molecule has 7 aromatic heterocycles. The first-order valence-corrected chi connectivity index (χ1v) is 16.0. The number of aromatic nitrogens is 6. The lowest BCUT2D eigenvalue weighted by Gasteiger charge is -1.99. The van der Waals surface area contributed by atoms with Crippen LogP contribution in [-0.2, 0) is 20.6 Å². The van der Waals surface area contributed by atoms with Crippen molar-refractivity contribution in [2.45, 2.75) is 47.1 Å². The zero-order valence-electron chi connectivity index (χ0n) is 24.9. The summed E-state index contributed by atoms with van der Waals surface area (Å²) in [5.74, 6) is 3.64. The van der Waals surface area contributed by atoms with Crippen molar-refractivity contribution in [3.63, 3.8) is 0 Å². The van der Waals surface area contributed by atoms with Gasteiger partial charge in [-0.15, -0.1) is 22.7 Å². The fraction of sp³-hybridized carbons (Fsp3) is 0.355. The molecule has 9 nitrogen and oxygen atoms in total. The summed E-state index contributed by atoms with van der Waals surface area (Å²) in [5, 5.41) is 18.4. The van der Waals surface area contributed by atoms with Crippen LogP contribution in [0.1, 0.15) is 43.8 Å². The first-order valence-electron chi connectivity index (χ1n) is 14.4. The number of fused-ring (bicyclic) bond motifs is 6. The number of furan rings is 1. The lowest BCUT2D eigenvalue weighted by atomic mass is 10.3. The Bertz CT molecular complexity index is 1970.